The van der Waals surface area contributed by atoms with E-state index >= 15 is 0 Å². The molecule has 1 aromatic heterocycles. The van der Waals surface area contributed by atoms with Gasteiger partial charge in [0.15, 0.2) is 5.82 Å². The lowest BCUT2D eigenvalue weighted by Crippen LogP contribution is -2.42. The zero-order chi connectivity index (χ0) is 14.0. The lowest BCUT2D eigenvalue weighted by atomic mass is 9.73. The van der Waals surface area contributed by atoms with Crippen molar-refractivity contribution in [2.75, 3.05) is 6.61 Å². The Labute approximate surface area is 119 Å². The molecular formula is C15H23N3O2. The minimum atomic E-state index is -0.545. The van der Waals surface area contributed by atoms with Crippen molar-refractivity contribution in [3.05, 3.63) is 11.6 Å². The number of fused-ring (bicyclic) bond motifs is 1. The predicted molar refractivity (Wildman–Crippen MR) is 74.4 cm³/mol. The first kappa shape index (κ1) is 13.6. The highest BCUT2D eigenvalue weighted by Crippen LogP contribution is 2.40. The van der Waals surface area contributed by atoms with Crippen LogP contribution in [0.15, 0.2) is 0 Å². The summed E-state index contributed by atoms with van der Waals surface area (Å²) in [6.45, 7) is 3.24. The van der Waals surface area contributed by atoms with Gasteiger partial charge in [-0.1, -0.05) is 19.3 Å². The first-order chi connectivity index (χ1) is 9.78. The van der Waals surface area contributed by atoms with Gasteiger partial charge in [-0.2, -0.15) is 0 Å². The van der Waals surface area contributed by atoms with Crippen molar-refractivity contribution < 1.29 is 9.53 Å². The van der Waals surface area contributed by atoms with Gasteiger partial charge in [-0.3, -0.25) is 4.79 Å². The maximum absolute atomic E-state index is 12.6. The van der Waals surface area contributed by atoms with E-state index in [1.807, 2.05) is 6.92 Å². The maximum Gasteiger partial charge on any atom is 0.319 e. The molecule has 3 rings (SSSR count). The van der Waals surface area contributed by atoms with Crippen LogP contribution in [-0.2, 0) is 27.9 Å². The lowest BCUT2D eigenvalue weighted by molar-refractivity contribution is -0.152. The van der Waals surface area contributed by atoms with Crippen molar-refractivity contribution in [1.82, 2.24) is 14.8 Å². The standard InChI is InChI=1S/C15H23N3O2/c1-2-20-14(19)15(9-5-3-6-10-15)13-17-16-12-8-4-7-11-18(12)13/h2-11H2,1H3. The first-order valence-electron chi connectivity index (χ1n) is 7.88. The molecule has 1 aliphatic heterocycles. The summed E-state index contributed by atoms with van der Waals surface area (Å²) in [7, 11) is 0. The fraction of sp³-hybridized carbons (Fsp3) is 0.800. The van der Waals surface area contributed by atoms with E-state index in [1.165, 1.54) is 12.8 Å². The zero-order valence-corrected chi connectivity index (χ0v) is 12.2. The predicted octanol–water partition coefficient (Wildman–Crippen LogP) is 2.38. The third-order valence-corrected chi connectivity index (χ3v) is 4.66. The van der Waals surface area contributed by atoms with E-state index in [4.69, 9.17) is 4.74 Å². The number of aryl methyl sites for hydroxylation is 1. The van der Waals surface area contributed by atoms with E-state index in [0.29, 0.717) is 6.61 Å². The Morgan fingerprint density at radius 1 is 1.20 bits per heavy atom. The molecule has 0 amide bonds. The highest BCUT2D eigenvalue weighted by Gasteiger charge is 2.47. The molecule has 1 aromatic rings. The molecule has 0 unspecified atom stereocenters. The molecule has 110 valence electrons. The van der Waals surface area contributed by atoms with Crippen LogP contribution in [0.25, 0.3) is 0 Å². The summed E-state index contributed by atoms with van der Waals surface area (Å²) in [4.78, 5) is 12.6. The van der Waals surface area contributed by atoms with Gasteiger partial charge in [0, 0.05) is 13.0 Å². The molecule has 0 bridgehead atoms. The molecule has 0 atom stereocenters. The number of carbonyl (C=O) groups is 1. The molecule has 1 saturated carbocycles. The molecule has 1 fully saturated rings. The fourth-order valence-corrected chi connectivity index (χ4v) is 3.61. The Bertz CT molecular complexity index is 489. The third kappa shape index (κ3) is 2.13. The lowest BCUT2D eigenvalue weighted by Gasteiger charge is -2.34. The van der Waals surface area contributed by atoms with Gasteiger partial charge in [0.1, 0.15) is 11.2 Å². The Morgan fingerprint density at radius 3 is 2.75 bits per heavy atom. The van der Waals surface area contributed by atoms with E-state index in [0.717, 1.165) is 56.7 Å². The second-order valence-corrected chi connectivity index (χ2v) is 5.91. The molecule has 20 heavy (non-hydrogen) atoms. The Kier molecular flexibility index (Phi) is 3.76. The van der Waals surface area contributed by atoms with Gasteiger partial charge < -0.3 is 9.30 Å². The molecule has 1 aliphatic carbocycles. The molecule has 0 spiro atoms. The number of carbonyl (C=O) groups excluding carboxylic acids is 1. The monoisotopic (exact) mass is 277 g/mol. The van der Waals surface area contributed by atoms with Gasteiger partial charge in [-0.25, -0.2) is 0 Å². The number of aromatic nitrogens is 3. The second kappa shape index (κ2) is 5.54. The van der Waals surface area contributed by atoms with Gasteiger partial charge in [-0.15, -0.1) is 10.2 Å². The van der Waals surface area contributed by atoms with Crippen molar-refractivity contribution in [3.63, 3.8) is 0 Å². The number of hydrogen-bond donors (Lipinski definition) is 0. The molecule has 2 heterocycles. The van der Waals surface area contributed by atoms with E-state index in [1.54, 1.807) is 0 Å². The number of nitrogens with zero attached hydrogens (tertiary/aromatic N) is 3. The molecule has 5 heteroatoms. The highest BCUT2D eigenvalue weighted by molar-refractivity contribution is 5.82. The molecule has 0 N–H and O–H groups in total. The highest BCUT2D eigenvalue weighted by atomic mass is 16.5. The van der Waals surface area contributed by atoms with E-state index < -0.39 is 5.41 Å². The Morgan fingerprint density at radius 2 is 2.00 bits per heavy atom. The molecule has 0 radical (unpaired) electrons. The molecular weight excluding hydrogens is 254 g/mol. The van der Waals surface area contributed by atoms with Gasteiger partial charge >= 0.3 is 5.97 Å². The summed E-state index contributed by atoms with van der Waals surface area (Å²) in [5.74, 6) is 1.81. The van der Waals surface area contributed by atoms with Gasteiger partial charge in [0.05, 0.1) is 6.61 Å². The minimum Gasteiger partial charge on any atom is -0.465 e. The summed E-state index contributed by atoms with van der Waals surface area (Å²) in [6, 6.07) is 0. The van der Waals surface area contributed by atoms with Crippen molar-refractivity contribution in [2.45, 2.75) is 70.3 Å². The third-order valence-electron chi connectivity index (χ3n) is 4.66. The zero-order valence-electron chi connectivity index (χ0n) is 12.2. The number of rotatable bonds is 3. The Hall–Kier alpha value is -1.39. The summed E-state index contributed by atoms with van der Waals surface area (Å²) < 4.78 is 7.57. The largest absolute Gasteiger partial charge is 0.465 e. The summed E-state index contributed by atoms with van der Waals surface area (Å²) in [5, 5.41) is 8.73. The average molecular weight is 277 g/mol. The Balaban J connectivity index is 2.00. The van der Waals surface area contributed by atoms with Crippen LogP contribution in [0.2, 0.25) is 0 Å². The van der Waals surface area contributed by atoms with Crippen LogP contribution < -0.4 is 0 Å². The van der Waals surface area contributed by atoms with Crippen LogP contribution in [0.4, 0.5) is 0 Å². The van der Waals surface area contributed by atoms with Crippen molar-refractivity contribution in [1.29, 1.82) is 0 Å². The molecule has 0 aromatic carbocycles. The summed E-state index contributed by atoms with van der Waals surface area (Å²) >= 11 is 0. The summed E-state index contributed by atoms with van der Waals surface area (Å²) in [6.07, 6.45) is 8.34. The molecule has 5 nitrogen and oxygen atoms in total. The smallest absolute Gasteiger partial charge is 0.319 e. The molecule has 0 saturated heterocycles. The number of ether oxygens (including phenoxy) is 1. The number of hydrogen-bond acceptors (Lipinski definition) is 4. The quantitative estimate of drug-likeness (QED) is 0.796. The number of esters is 1. The van der Waals surface area contributed by atoms with Gasteiger partial charge in [0.25, 0.3) is 0 Å². The minimum absolute atomic E-state index is 0.0968. The van der Waals surface area contributed by atoms with Crippen LogP contribution in [0.5, 0.6) is 0 Å². The second-order valence-electron chi connectivity index (χ2n) is 5.91. The van der Waals surface area contributed by atoms with E-state index in [-0.39, 0.29) is 5.97 Å². The average Bonchev–Trinajstić information content (AvgIpc) is 2.92. The summed E-state index contributed by atoms with van der Waals surface area (Å²) in [5.41, 5.74) is -0.545. The van der Waals surface area contributed by atoms with E-state index in [9.17, 15) is 4.79 Å². The van der Waals surface area contributed by atoms with E-state index in [2.05, 4.69) is 14.8 Å². The van der Waals surface area contributed by atoms with Crippen molar-refractivity contribution >= 4 is 5.97 Å². The van der Waals surface area contributed by atoms with Crippen LogP contribution in [-0.4, -0.2) is 27.3 Å². The fourth-order valence-electron chi connectivity index (χ4n) is 3.61. The maximum atomic E-state index is 12.6. The van der Waals surface area contributed by atoms with Gasteiger partial charge in [0.2, 0.25) is 0 Å². The van der Waals surface area contributed by atoms with Crippen LogP contribution in [0.3, 0.4) is 0 Å². The first-order valence-corrected chi connectivity index (χ1v) is 7.88. The molecule has 2 aliphatic rings. The topological polar surface area (TPSA) is 57.0 Å². The van der Waals surface area contributed by atoms with Crippen LogP contribution in [0, 0.1) is 0 Å². The SMILES string of the molecule is CCOC(=O)C1(c2nnc3n2CCCC3)CCCCC1. The van der Waals surface area contributed by atoms with Crippen LogP contribution in [0.1, 0.15) is 63.5 Å². The normalized spacial score (nSPS) is 21.2. The van der Waals surface area contributed by atoms with Crippen molar-refractivity contribution in [3.8, 4) is 0 Å². The van der Waals surface area contributed by atoms with Crippen molar-refractivity contribution in [2.24, 2.45) is 0 Å². The van der Waals surface area contributed by atoms with Gasteiger partial charge in [-0.05, 0) is 32.6 Å². The van der Waals surface area contributed by atoms with Crippen LogP contribution >= 0.6 is 0 Å².